The van der Waals surface area contributed by atoms with Gasteiger partial charge in [0.2, 0.25) is 5.95 Å². The summed E-state index contributed by atoms with van der Waals surface area (Å²) in [6, 6.07) is 21.6. The average Bonchev–Trinajstić information content (AvgIpc) is 3.55. The van der Waals surface area contributed by atoms with E-state index in [0.717, 1.165) is 38.2 Å². The number of carbonyl (C=O) groups is 2. The van der Waals surface area contributed by atoms with E-state index in [-0.39, 0.29) is 18.4 Å². The first-order chi connectivity index (χ1) is 22.3. The zero-order chi connectivity index (χ0) is 31.9. The van der Waals surface area contributed by atoms with E-state index in [2.05, 4.69) is 31.5 Å². The molecule has 0 saturated heterocycles. The van der Waals surface area contributed by atoms with Gasteiger partial charge in [-0.3, -0.25) is 9.59 Å². The molecule has 7 rings (SSSR count). The molecule has 0 spiro atoms. The number of amides is 2. The summed E-state index contributed by atoms with van der Waals surface area (Å²) in [5, 5.41) is 17.5. The van der Waals surface area contributed by atoms with Crippen LogP contribution < -0.4 is 15.4 Å². The molecule has 2 unspecified atom stereocenters. The molecule has 0 saturated carbocycles. The lowest BCUT2D eigenvalue weighted by Gasteiger charge is -2.28. The van der Waals surface area contributed by atoms with E-state index in [0.29, 0.717) is 41.2 Å². The summed E-state index contributed by atoms with van der Waals surface area (Å²) in [6.45, 7) is 0.101. The average molecular weight is 680 g/mol. The summed E-state index contributed by atoms with van der Waals surface area (Å²) in [5.74, 6) is 0.532. The maximum atomic E-state index is 14.0. The quantitative estimate of drug-likeness (QED) is 0.192. The summed E-state index contributed by atoms with van der Waals surface area (Å²) >= 11 is 3.47. The minimum Gasteiger partial charge on any atom is -0.495 e. The van der Waals surface area contributed by atoms with Gasteiger partial charge < -0.3 is 29.9 Å². The molecule has 2 aromatic heterocycles. The number of rotatable bonds is 8. The number of benzene rings is 3. The Bertz CT molecular complexity index is 1980. The largest absolute Gasteiger partial charge is 0.495 e. The molecule has 5 aromatic rings. The molecule has 10 nitrogen and oxygen atoms in total. The second kappa shape index (κ2) is 12.1. The van der Waals surface area contributed by atoms with Crippen molar-refractivity contribution >= 4 is 39.4 Å². The number of nitrogens with one attached hydrogen (secondary N) is 2. The van der Waals surface area contributed by atoms with Crippen LogP contribution >= 0.6 is 15.9 Å². The molecular weight excluding hydrogens is 648 g/mol. The molecule has 2 atom stereocenters. The van der Waals surface area contributed by atoms with E-state index >= 15 is 0 Å². The van der Waals surface area contributed by atoms with Gasteiger partial charge in [0.1, 0.15) is 5.75 Å². The van der Waals surface area contributed by atoms with Gasteiger partial charge in [0.05, 0.1) is 35.8 Å². The fourth-order valence-electron chi connectivity index (χ4n) is 6.32. The Labute approximate surface area is 274 Å². The number of hydrogen-bond acceptors (Lipinski definition) is 7. The smallest absolute Gasteiger partial charge is 0.256 e. The number of ether oxygens (including phenoxy) is 1. The Morgan fingerprint density at radius 1 is 1.11 bits per heavy atom. The molecule has 11 heteroatoms. The summed E-state index contributed by atoms with van der Waals surface area (Å²) < 4.78 is 8.34. The van der Waals surface area contributed by atoms with E-state index in [1.54, 1.807) is 31.4 Å². The highest BCUT2D eigenvalue weighted by atomic mass is 79.9. The van der Waals surface area contributed by atoms with Crippen LogP contribution in [0, 0.1) is 0 Å². The highest BCUT2D eigenvalue weighted by Crippen LogP contribution is 2.37. The zero-order valence-electron chi connectivity index (χ0n) is 25.2. The van der Waals surface area contributed by atoms with Gasteiger partial charge in [-0.25, -0.2) is 9.97 Å². The number of carbonyl (C=O) groups excluding carboxylic acids is 2. The number of nitrogens with zero attached hydrogens (tertiary/aromatic N) is 4. The number of fused-ring (bicyclic) bond motifs is 4. The number of aryl methyl sites for hydroxylation is 2. The molecule has 3 heterocycles. The molecule has 3 N–H and O–H groups in total. The second-order valence-electron chi connectivity index (χ2n) is 11.4. The normalized spacial score (nSPS) is 15.5. The third-order valence-electron chi connectivity index (χ3n) is 8.59. The van der Waals surface area contributed by atoms with E-state index in [1.807, 2.05) is 72.5 Å². The molecule has 1 aliphatic heterocycles. The van der Waals surface area contributed by atoms with Crippen molar-refractivity contribution in [2.24, 2.45) is 7.05 Å². The monoisotopic (exact) mass is 678 g/mol. The van der Waals surface area contributed by atoms with Gasteiger partial charge in [-0.15, -0.1) is 0 Å². The van der Waals surface area contributed by atoms with E-state index < -0.39 is 12.3 Å². The van der Waals surface area contributed by atoms with Gasteiger partial charge in [-0.05, 0) is 53.8 Å². The lowest BCUT2D eigenvalue weighted by atomic mass is 9.92. The summed E-state index contributed by atoms with van der Waals surface area (Å²) in [4.78, 5) is 38.1. The topological polar surface area (TPSA) is 122 Å². The Hall–Kier alpha value is -5.00. The third kappa shape index (κ3) is 5.31. The SMILES string of the molecule is COc1cc(Br)ccc1Nc1ncc2c(n1)-c1c(c(C(=O)NC(CN3C(=O)c4ccccc4C3O)c3ccccc3)cn1C)CC2. The minimum absolute atomic E-state index is 0.101. The summed E-state index contributed by atoms with van der Waals surface area (Å²) in [7, 11) is 3.51. The van der Waals surface area contributed by atoms with Crippen LogP contribution in [0.3, 0.4) is 0 Å². The first kappa shape index (κ1) is 29.7. The van der Waals surface area contributed by atoms with Gasteiger partial charge in [0, 0.05) is 41.6 Å². The zero-order valence-corrected chi connectivity index (χ0v) is 26.8. The molecular formula is C35H31BrN6O4. The fraction of sp³-hybridized carbons (Fsp3) is 0.200. The van der Waals surface area contributed by atoms with Crippen molar-refractivity contribution in [1.82, 2.24) is 24.8 Å². The van der Waals surface area contributed by atoms with Crippen molar-refractivity contribution in [3.8, 4) is 17.1 Å². The van der Waals surface area contributed by atoms with Gasteiger partial charge in [-0.1, -0.05) is 64.5 Å². The lowest BCUT2D eigenvalue weighted by Crippen LogP contribution is -2.40. The Morgan fingerprint density at radius 2 is 1.89 bits per heavy atom. The molecule has 232 valence electrons. The first-order valence-electron chi connectivity index (χ1n) is 14.9. The number of anilines is 2. The maximum Gasteiger partial charge on any atom is 0.256 e. The minimum atomic E-state index is -1.09. The number of aliphatic hydroxyl groups excluding tert-OH is 1. The van der Waals surface area contributed by atoms with Crippen LogP contribution in [0.1, 0.15) is 55.2 Å². The van der Waals surface area contributed by atoms with Gasteiger partial charge in [-0.2, -0.15) is 0 Å². The number of hydrogen-bond donors (Lipinski definition) is 3. The van der Waals surface area contributed by atoms with Gasteiger partial charge in [0.25, 0.3) is 11.8 Å². The van der Waals surface area contributed by atoms with Crippen LogP contribution in [0.2, 0.25) is 0 Å². The Morgan fingerprint density at radius 3 is 2.67 bits per heavy atom. The van der Waals surface area contributed by atoms with Crippen molar-refractivity contribution in [2.45, 2.75) is 25.1 Å². The molecule has 0 radical (unpaired) electrons. The summed E-state index contributed by atoms with van der Waals surface area (Å²) in [5.41, 5.74) is 6.65. The maximum absolute atomic E-state index is 14.0. The highest BCUT2D eigenvalue weighted by Gasteiger charge is 2.37. The van der Waals surface area contributed by atoms with Crippen molar-refractivity contribution < 1.29 is 19.4 Å². The molecule has 0 fully saturated rings. The van der Waals surface area contributed by atoms with Crippen molar-refractivity contribution in [3.05, 3.63) is 123 Å². The standard InChI is InChI=1S/C35H31BrN6O4/c1-41-18-26(23-14-12-21-17-37-35(40-30(21)31(23)41)39-27-15-13-22(36)16-29(27)46-2)32(43)38-28(20-8-4-3-5-9-20)19-42-33(44)24-10-6-7-11-25(24)34(42)45/h3-11,13,15-18,28,33,44H,12,14,19H2,1-2H3,(H,38,43)(H,37,39,40). The molecule has 2 amide bonds. The van der Waals surface area contributed by atoms with Gasteiger partial charge in [0.15, 0.2) is 6.23 Å². The molecule has 2 aliphatic rings. The first-order valence-corrected chi connectivity index (χ1v) is 15.7. The Balaban J connectivity index is 1.18. The number of methoxy groups -OCH3 is 1. The van der Waals surface area contributed by atoms with E-state index in [4.69, 9.17) is 9.72 Å². The molecule has 3 aromatic carbocycles. The predicted molar refractivity (Wildman–Crippen MR) is 177 cm³/mol. The van der Waals surface area contributed by atoms with E-state index in [9.17, 15) is 14.7 Å². The molecule has 0 bridgehead atoms. The van der Waals surface area contributed by atoms with Gasteiger partial charge >= 0.3 is 0 Å². The highest BCUT2D eigenvalue weighted by molar-refractivity contribution is 9.10. The third-order valence-corrected chi connectivity index (χ3v) is 9.08. The van der Waals surface area contributed by atoms with Crippen LogP contribution in [-0.4, -0.2) is 50.0 Å². The Kier molecular flexibility index (Phi) is 7.79. The molecule has 46 heavy (non-hydrogen) atoms. The number of aliphatic hydroxyl groups is 1. The van der Waals surface area contributed by atoms with Crippen LogP contribution in [0.25, 0.3) is 11.4 Å². The van der Waals surface area contributed by atoms with Crippen LogP contribution in [0.5, 0.6) is 5.75 Å². The van der Waals surface area contributed by atoms with Crippen molar-refractivity contribution in [2.75, 3.05) is 19.0 Å². The number of halogens is 1. The molecule has 1 aliphatic carbocycles. The lowest BCUT2D eigenvalue weighted by molar-refractivity contribution is 0.0132. The van der Waals surface area contributed by atoms with Crippen molar-refractivity contribution in [1.29, 1.82) is 0 Å². The van der Waals surface area contributed by atoms with Crippen LogP contribution in [0.4, 0.5) is 11.6 Å². The van der Waals surface area contributed by atoms with Crippen molar-refractivity contribution in [3.63, 3.8) is 0 Å². The number of aromatic nitrogens is 3. The van der Waals surface area contributed by atoms with Crippen LogP contribution in [-0.2, 0) is 19.9 Å². The second-order valence-corrected chi connectivity index (χ2v) is 12.3. The fourth-order valence-corrected chi connectivity index (χ4v) is 6.66. The predicted octanol–water partition coefficient (Wildman–Crippen LogP) is 5.71. The summed E-state index contributed by atoms with van der Waals surface area (Å²) in [6.07, 6.45) is 3.90. The van der Waals surface area contributed by atoms with E-state index in [1.165, 1.54) is 4.90 Å². The van der Waals surface area contributed by atoms with Crippen LogP contribution in [0.15, 0.2) is 89.7 Å².